The van der Waals surface area contributed by atoms with Crippen molar-refractivity contribution >= 4 is 11.9 Å². The molecule has 0 heterocycles. The van der Waals surface area contributed by atoms with Gasteiger partial charge in [-0.25, -0.2) is 13.6 Å². The molecule has 1 aromatic rings. The number of nitrogens with zero attached hydrogens (tertiary/aromatic N) is 1. The fourth-order valence-electron chi connectivity index (χ4n) is 2.22. The maximum Gasteiger partial charge on any atom is 0.315 e. The van der Waals surface area contributed by atoms with Gasteiger partial charge >= 0.3 is 6.03 Å². The van der Waals surface area contributed by atoms with Crippen LogP contribution >= 0.6 is 0 Å². The van der Waals surface area contributed by atoms with Crippen LogP contribution in [0.1, 0.15) is 38.3 Å². The van der Waals surface area contributed by atoms with Crippen molar-refractivity contribution in [3.63, 3.8) is 0 Å². The Morgan fingerprint density at radius 2 is 1.87 bits per heavy atom. The zero-order valence-corrected chi connectivity index (χ0v) is 13.8. The molecule has 0 aliphatic carbocycles. The van der Waals surface area contributed by atoms with Crippen LogP contribution in [0, 0.1) is 11.6 Å². The van der Waals surface area contributed by atoms with Crippen LogP contribution in [0.25, 0.3) is 0 Å². The molecular formula is C16H23F2N3O2. The lowest BCUT2D eigenvalue weighted by Crippen LogP contribution is -2.48. The fourth-order valence-corrected chi connectivity index (χ4v) is 2.22. The lowest BCUT2D eigenvalue weighted by Gasteiger charge is -2.22. The van der Waals surface area contributed by atoms with Crippen LogP contribution in [0.3, 0.4) is 0 Å². The molecule has 0 bridgehead atoms. The quantitative estimate of drug-likeness (QED) is 0.843. The van der Waals surface area contributed by atoms with Crippen molar-refractivity contribution in [2.75, 3.05) is 14.1 Å². The van der Waals surface area contributed by atoms with Crippen LogP contribution in [0.5, 0.6) is 0 Å². The highest BCUT2D eigenvalue weighted by molar-refractivity contribution is 5.86. The Bertz CT molecular complexity index is 564. The second-order valence-corrected chi connectivity index (χ2v) is 5.58. The minimum atomic E-state index is -0.707. The highest BCUT2D eigenvalue weighted by Crippen LogP contribution is 2.22. The Hall–Kier alpha value is -2.18. The van der Waals surface area contributed by atoms with Crippen molar-refractivity contribution in [3.8, 4) is 0 Å². The largest absolute Gasteiger partial charge is 0.347 e. The number of hydrogen-bond acceptors (Lipinski definition) is 2. The SMILES string of the molecule is CCCC(NC(=O)N[C@@H](C)C(=O)N(C)C)c1ccc(F)cc1F. The first-order chi connectivity index (χ1) is 10.8. The first-order valence-corrected chi connectivity index (χ1v) is 7.49. The summed E-state index contributed by atoms with van der Waals surface area (Å²) in [7, 11) is 3.18. The number of carbonyl (C=O) groups excluding carboxylic acids is 2. The maximum absolute atomic E-state index is 13.9. The van der Waals surface area contributed by atoms with Gasteiger partial charge in [-0.2, -0.15) is 0 Å². The molecule has 0 fully saturated rings. The van der Waals surface area contributed by atoms with E-state index in [0.29, 0.717) is 12.8 Å². The molecule has 3 amide bonds. The van der Waals surface area contributed by atoms with E-state index < -0.39 is 29.7 Å². The monoisotopic (exact) mass is 327 g/mol. The van der Waals surface area contributed by atoms with Gasteiger partial charge in [-0.3, -0.25) is 4.79 Å². The van der Waals surface area contributed by atoms with E-state index in [4.69, 9.17) is 0 Å². The summed E-state index contributed by atoms with van der Waals surface area (Å²) in [6.07, 6.45) is 1.19. The van der Waals surface area contributed by atoms with Gasteiger partial charge in [-0.1, -0.05) is 19.4 Å². The van der Waals surface area contributed by atoms with E-state index in [1.54, 1.807) is 21.0 Å². The molecule has 1 unspecified atom stereocenters. The molecule has 0 saturated heterocycles. The molecule has 0 spiro atoms. The number of rotatable bonds is 6. The molecular weight excluding hydrogens is 304 g/mol. The van der Waals surface area contributed by atoms with Crippen LogP contribution in [0.2, 0.25) is 0 Å². The summed E-state index contributed by atoms with van der Waals surface area (Å²) in [5.74, 6) is -1.63. The average Bonchev–Trinajstić information content (AvgIpc) is 2.45. The summed E-state index contributed by atoms with van der Waals surface area (Å²) >= 11 is 0. The van der Waals surface area contributed by atoms with Gasteiger partial charge in [0.15, 0.2) is 0 Å². The van der Waals surface area contributed by atoms with Crippen molar-refractivity contribution in [2.45, 2.75) is 38.8 Å². The smallest absolute Gasteiger partial charge is 0.315 e. The van der Waals surface area contributed by atoms with Gasteiger partial charge in [-0.05, 0) is 19.4 Å². The fraction of sp³-hybridized carbons (Fsp3) is 0.500. The third kappa shape index (κ3) is 5.50. The third-order valence-corrected chi connectivity index (χ3v) is 3.38. The van der Waals surface area contributed by atoms with E-state index in [9.17, 15) is 18.4 Å². The summed E-state index contributed by atoms with van der Waals surface area (Å²) in [6, 6.07) is 1.39. The predicted octanol–water partition coefficient (Wildman–Crippen LogP) is 2.58. The van der Waals surface area contributed by atoms with Crippen molar-refractivity contribution in [2.24, 2.45) is 0 Å². The molecule has 23 heavy (non-hydrogen) atoms. The minimum absolute atomic E-state index is 0.218. The summed E-state index contributed by atoms with van der Waals surface area (Å²) < 4.78 is 26.9. The molecule has 7 heteroatoms. The van der Waals surface area contributed by atoms with Crippen LogP contribution in [0.15, 0.2) is 18.2 Å². The van der Waals surface area contributed by atoms with E-state index >= 15 is 0 Å². The van der Waals surface area contributed by atoms with Gasteiger partial charge in [0.1, 0.15) is 17.7 Å². The molecule has 0 aliphatic rings. The molecule has 1 rings (SSSR count). The third-order valence-electron chi connectivity index (χ3n) is 3.38. The van der Waals surface area contributed by atoms with E-state index in [1.165, 1.54) is 11.0 Å². The Labute approximate surface area is 135 Å². The van der Waals surface area contributed by atoms with Gasteiger partial charge in [0.05, 0.1) is 6.04 Å². The van der Waals surface area contributed by atoms with E-state index in [0.717, 1.165) is 12.1 Å². The van der Waals surface area contributed by atoms with Gasteiger partial charge in [0, 0.05) is 25.7 Å². The Morgan fingerprint density at radius 3 is 2.39 bits per heavy atom. The van der Waals surface area contributed by atoms with Crippen LogP contribution in [0.4, 0.5) is 13.6 Å². The number of hydrogen-bond donors (Lipinski definition) is 2. The van der Waals surface area contributed by atoms with Crippen LogP contribution in [-0.2, 0) is 4.79 Å². The topological polar surface area (TPSA) is 61.4 Å². The van der Waals surface area contributed by atoms with Gasteiger partial charge in [-0.15, -0.1) is 0 Å². The molecule has 5 nitrogen and oxygen atoms in total. The zero-order chi connectivity index (χ0) is 17.6. The number of halogens is 2. The first-order valence-electron chi connectivity index (χ1n) is 7.49. The van der Waals surface area contributed by atoms with Crippen molar-refractivity contribution in [1.82, 2.24) is 15.5 Å². The second-order valence-electron chi connectivity index (χ2n) is 5.58. The van der Waals surface area contributed by atoms with E-state index in [1.807, 2.05) is 6.92 Å². The van der Waals surface area contributed by atoms with Gasteiger partial charge in [0.25, 0.3) is 0 Å². The standard InChI is InChI=1S/C16H23F2N3O2/c1-5-6-14(12-8-7-11(17)9-13(12)18)20-16(23)19-10(2)15(22)21(3)4/h7-10,14H,5-6H2,1-4H3,(H2,19,20,23)/t10-,14?/m0/s1. The molecule has 0 aliphatic heterocycles. The normalized spacial score (nSPS) is 13.1. The lowest BCUT2D eigenvalue weighted by molar-refractivity contribution is -0.130. The van der Waals surface area contributed by atoms with Crippen molar-refractivity contribution in [1.29, 1.82) is 0 Å². The van der Waals surface area contributed by atoms with E-state index in [2.05, 4.69) is 10.6 Å². The number of benzene rings is 1. The molecule has 0 radical (unpaired) electrons. The van der Waals surface area contributed by atoms with Crippen LogP contribution in [-0.4, -0.2) is 37.0 Å². The number of nitrogens with one attached hydrogen (secondary N) is 2. The zero-order valence-electron chi connectivity index (χ0n) is 13.8. The van der Waals surface area contributed by atoms with Gasteiger partial charge < -0.3 is 15.5 Å². The van der Waals surface area contributed by atoms with Crippen molar-refractivity contribution in [3.05, 3.63) is 35.4 Å². The summed E-state index contributed by atoms with van der Waals surface area (Å²) in [6.45, 7) is 3.46. The second kappa shape index (κ2) is 8.45. The Morgan fingerprint density at radius 1 is 1.22 bits per heavy atom. The highest BCUT2D eigenvalue weighted by atomic mass is 19.1. The van der Waals surface area contributed by atoms with Crippen molar-refractivity contribution < 1.29 is 18.4 Å². The van der Waals surface area contributed by atoms with Gasteiger partial charge in [0.2, 0.25) is 5.91 Å². The minimum Gasteiger partial charge on any atom is -0.347 e. The number of carbonyl (C=O) groups is 2. The molecule has 2 N–H and O–H groups in total. The van der Waals surface area contributed by atoms with Crippen LogP contribution < -0.4 is 10.6 Å². The first kappa shape index (κ1) is 18.9. The predicted molar refractivity (Wildman–Crippen MR) is 83.8 cm³/mol. The molecule has 0 saturated carbocycles. The Balaban J connectivity index is 2.79. The lowest BCUT2D eigenvalue weighted by atomic mass is 10.0. The molecule has 1 aromatic carbocycles. The maximum atomic E-state index is 13.9. The number of likely N-dealkylation sites (N-methyl/N-ethyl adjacent to an activating group) is 1. The number of amides is 3. The highest BCUT2D eigenvalue weighted by Gasteiger charge is 2.21. The van der Waals surface area contributed by atoms with E-state index in [-0.39, 0.29) is 11.5 Å². The molecule has 2 atom stereocenters. The summed E-state index contributed by atoms with van der Waals surface area (Å²) in [4.78, 5) is 25.1. The summed E-state index contributed by atoms with van der Waals surface area (Å²) in [5, 5.41) is 5.15. The Kier molecular flexibility index (Phi) is 6.93. The number of urea groups is 1. The summed E-state index contributed by atoms with van der Waals surface area (Å²) in [5.41, 5.74) is 0.218. The molecule has 0 aromatic heterocycles. The molecule has 128 valence electrons. The average molecular weight is 327 g/mol.